The van der Waals surface area contributed by atoms with Crippen LogP contribution in [0.2, 0.25) is 0 Å². The van der Waals surface area contributed by atoms with Crippen LogP contribution >= 0.6 is 0 Å². The summed E-state index contributed by atoms with van der Waals surface area (Å²) in [5, 5.41) is 2.84. The third kappa shape index (κ3) is 3.33. The smallest absolute Gasteiger partial charge is 0.252 e. The number of ether oxygens (including phenoxy) is 1. The largest absolute Gasteiger partial charge is 0.489 e. The molecule has 5 heteroatoms. The Kier molecular flexibility index (Phi) is 4.44. The molecule has 0 spiro atoms. The van der Waals surface area contributed by atoms with E-state index in [2.05, 4.69) is 46.1 Å². The fourth-order valence-electron chi connectivity index (χ4n) is 3.50. The van der Waals surface area contributed by atoms with Crippen LogP contribution in [-0.4, -0.2) is 15.5 Å². The monoisotopic (exact) mass is 361 g/mol. The Morgan fingerprint density at radius 2 is 1.81 bits per heavy atom. The van der Waals surface area contributed by atoms with Crippen molar-refractivity contribution in [2.45, 2.75) is 40.5 Å². The molecule has 0 saturated carbocycles. The quantitative estimate of drug-likeness (QED) is 0.754. The summed E-state index contributed by atoms with van der Waals surface area (Å²) in [5.41, 5.74) is 6.29. The van der Waals surface area contributed by atoms with Crippen LogP contribution in [0.15, 0.2) is 42.5 Å². The Bertz CT molecular complexity index is 1000. The lowest BCUT2D eigenvalue weighted by Gasteiger charge is -2.11. The first-order valence-electron chi connectivity index (χ1n) is 9.14. The number of imidazole rings is 1. The predicted molar refractivity (Wildman–Crippen MR) is 104 cm³/mol. The Balaban J connectivity index is 1.44. The molecule has 3 aromatic rings. The van der Waals surface area contributed by atoms with Gasteiger partial charge in [0.2, 0.25) is 0 Å². The van der Waals surface area contributed by atoms with Gasteiger partial charge in [-0.15, -0.1) is 0 Å². The van der Waals surface area contributed by atoms with E-state index in [1.54, 1.807) is 0 Å². The second kappa shape index (κ2) is 6.91. The maximum atomic E-state index is 11.8. The number of aromatic nitrogens is 2. The van der Waals surface area contributed by atoms with Gasteiger partial charge >= 0.3 is 0 Å². The van der Waals surface area contributed by atoms with Gasteiger partial charge in [0, 0.05) is 29.9 Å². The first kappa shape index (κ1) is 17.3. The zero-order valence-corrected chi connectivity index (χ0v) is 15.9. The van der Waals surface area contributed by atoms with Crippen molar-refractivity contribution in [2.75, 3.05) is 0 Å². The molecule has 0 bridgehead atoms. The molecule has 138 valence electrons. The Morgan fingerprint density at radius 3 is 2.52 bits per heavy atom. The van der Waals surface area contributed by atoms with Crippen molar-refractivity contribution in [3.63, 3.8) is 0 Å². The highest BCUT2D eigenvalue weighted by Crippen LogP contribution is 2.27. The van der Waals surface area contributed by atoms with Crippen LogP contribution in [-0.2, 0) is 19.7 Å². The number of benzene rings is 2. The lowest BCUT2D eigenvalue weighted by atomic mass is 10.1. The SMILES string of the molecule is Cc1nc(C)n(Cc2ccc(COc3cccc4c3CNC4=O)cc2)c1C. The molecular formula is C22H23N3O2. The van der Waals surface area contributed by atoms with Crippen LogP contribution < -0.4 is 10.1 Å². The molecule has 0 fully saturated rings. The molecule has 4 rings (SSSR count). The fraction of sp³-hybridized carbons (Fsp3) is 0.273. The number of fused-ring (bicyclic) bond motifs is 1. The summed E-state index contributed by atoms with van der Waals surface area (Å²) in [6.07, 6.45) is 0. The molecule has 1 aliphatic rings. The van der Waals surface area contributed by atoms with Crippen molar-refractivity contribution in [3.8, 4) is 5.75 Å². The summed E-state index contributed by atoms with van der Waals surface area (Å²) in [7, 11) is 0. The molecule has 2 heterocycles. The number of aryl methyl sites for hydroxylation is 2. The zero-order valence-electron chi connectivity index (χ0n) is 15.9. The van der Waals surface area contributed by atoms with Gasteiger partial charge in [-0.3, -0.25) is 4.79 Å². The average molecular weight is 361 g/mol. The molecule has 0 atom stereocenters. The normalized spacial score (nSPS) is 12.8. The lowest BCUT2D eigenvalue weighted by molar-refractivity contribution is 0.0965. The molecule has 0 unspecified atom stereocenters. The number of nitrogens with zero attached hydrogens (tertiary/aromatic N) is 2. The van der Waals surface area contributed by atoms with Crippen LogP contribution in [0.5, 0.6) is 5.75 Å². The minimum atomic E-state index is -0.0277. The van der Waals surface area contributed by atoms with Gasteiger partial charge in [-0.05, 0) is 44.0 Å². The summed E-state index contributed by atoms with van der Waals surface area (Å²) in [6.45, 7) is 8.03. The highest BCUT2D eigenvalue weighted by Gasteiger charge is 2.21. The molecule has 0 saturated heterocycles. The molecule has 2 aromatic carbocycles. The molecule has 1 aromatic heterocycles. The van der Waals surface area contributed by atoms with E-state index < -0.39 is 0 Å². The molecule has 1 aliphatic heterocycles. The topological polar surface area (TPSA) is 56.1 Å². The second-order valence-electron chi connectivity index (χ2n) is 6.99. The van der Waals surface area contributed by atoms with Crippen molar-refractivity contribution in [2.24, 2.45) is 0 Å². The first-order valence-corrected chi connectivity index (χ1v) is 9.14. The number of hydrogen-bond donors (Lipinski definition) is 1. The fourth-order valence-corrected chi connectivity index (χ4v) is 3.50. The summed E-state index contributed by atoms with van der Waals surface area (Å²) < 4.78 is 8.21. The minimum absolute atomic E-state index is 0.0277. The van der Waals surface area contributed by atoms with E-state index in [-0.39, 0.29) is 5.91 Å². The number of nitrogens with one attached hydrogen (secondary N) is 1. The van der Waals surface area contributed by atoms with E-state index in [9.17, 15) is 4.79 Å². The number of hydrogen-bond acceptors (Lipinski definition) is 3. The molecule has 0 radical (unpaired) electrons. The van der Waals surface area contributed by atoms with E-state index in [4.69, 9.17) is 4.74 Å². The number of rotatable bonds is 5. The van der Waals surface area contributed by atoms with Gasteiger partial charge in [0.15, 0.2) is 0 Å². The maximum Gasteiger partial charge on any atom is 0.252 e. The van der Waals surface area contributed by atoms with Crippen LogP contribution in [0.4, 0.5) is 0 Å². The molecule has 1 N–H and O–H groups in total. The van der Waals surface area contributed by atoms with Gasteiger partial charge in [0.1, 0.15) is 18.2 Å². The summed E-state index contributed by atoms with van der Waals surface area (Å²) >= 11 is 0. The van der Waals surface area contributed by atoms with Crippen molar-refractivity contribution in [1.29, 1.82) is 0 Å². The highest BCUT2D eigenvalue weighted by atomic mass is 16.5. The van der Waals surface area contributed by atoms with Gasteiger partial charge in [-0.2, -0.15) is 0 Å². The average Bonchev–Trinajstić information content (AvgIpc) is 3.16. The third-order valence-corrected chi connectivity index (χ3v) is 5.21. The predicted octanol–water partition coefficient (Wildman–Crippen LogP) is 3.68. The molecule has 1 amide bonds. The minimum Gasteiger partial charge on any atom is -0.489 e. The van der Waals surface area contributed by atoms with Crippen LogP contribution in [0, 0.1) is 20.8 Å². The third-order valence-electron chi connectivity index (χ3n) is 5.21. The van der Waals surface area contributed by atoms with Crippen molar-refractivity contribution < 1.29 is 9.53 Å². The zero-order chi connectivity index (χ0) is 19.0. The van der Waals surface area contributed by atoms with Crippen molar-refractivity contribution in [1.82, 2.24) is 14.9 Å². The van der Waals surface area contributed by atoms with Gasteiger partial charge in [-0.25, -0.2) is 4.98 Å². The van der Waals surface area contributed by atoms with E-state index in [0.29, 0.717) is 18.7 Å². The van der Waals surface area contributed by atoms with Crippen LogP contribution in [0.25, 0.3) is 0 Å². The molecule has 0 aliphatic carbocycles. The van der Waals surface area contributed by atoms with Crippen LogP contribution in [0.1, 0.15) is 44.3 Å². The molecule has 27 heavy (non-hydrogen) atoms. The summed E-state index contributed by atoms with van der Waals surface area (Å²) in [4.78, 5) is 16.3. The van der Waals surface area contributed by atoms with E-state index in [1.807, 2.05) is 32.0 Å². The van der Waals surface area contributed by atoms with Crippen molar-refractivity contribution in [3.05, 3.63) is 81.9 Å². The maximum absolute atomic E-state index is 11.8. The number of carbonyl (C=O) groups excluding carboxylic acids is 1. The van der Waals surface area contributed by atoms with E-state index in [0.717, 1.165) is 34.9 Å². The Labute approximate surface area is 159 Å². The van der Waals surface area contributed by atoms with Gasteiger partial charge < -0.3 is 14.6 Å². The molecular weight excluding hydrogens is 338 g/mol. The van der Waals surface area contributed by atoms with Gasteiger partial charge in [-0.1, -0.05) is 30.3 Å². The summed E-state index contributed by atoms with van der Waals surface area (Å²) in [5.74, 6) is 1.79. The second-order valence-corrected chi connectivity index (χ2v) is 6.99. The summed E-state index contributed by atoms with van der Waals surface area (Å²) in [6, 6.07) is 14.1. The Morgan fingerprint density at radius 1 is 1.07 bits per heavy atom. The highest BCUT2D eigenvalue weighted by molar-refractivity contribution is 5.99. The molecule has 5 nitrogen and oxygen atoms in total. The van der Waals surface area contributed by atoms with Crippen LogP contribution in [0.3, 0.4) is 0 Å². The standard InChI is InChI=1S/C22H23N3O2/c1-14-15(2)25(16(3)24-14)12-17-7-9-18(10-8-17)13-27-21-6-4-5-19-20(21)11-23-22(19)26/h4-10H,11-13H2,1-3H3,(H,23,26). The number of amides is 1. The van der Waals surface area contributed by atoms with Crippen molar-refractivity contribution >= 4 is 5.91 Å². The van der Waals surface area contributed by atoms with E-state index in [1.165, 1.54) is 11.3 Å². The van der Waals surface area contributed by atoms with Gasteiger partial charge in [0.25, 0.3) is 5.91 Å². The first-order chi connectivity index (χ1) is 13.0. The Hall–Kier alpha value is -3.08. The lowest BCUT2D eigenvalue weighted by Crippen LogP contribution is -2.12. The van der Waals surface area contributed by atoms with Gasteiger partial charge in [0.05, 0.1) is 5.69 Å². The number of carbonyl (C=O) groups is 1. The van der Waals surface area contributed by atoms with E-state index >= 15 is 0 Å².